The van der Waals surface area contributed by atoms with Gasteiger partial charge in [0.1, 0.15) is 0 Å². The highest BCUT2D eigenvalue weighted by atomic mass is 15.1. The Morgan fingerprint density at radius 3 is 1.27 bits per heavy atom. The molecule has 0 saturated carbocycles. The summed E-state index contributed by atoms with van der Waals surface area (Å²) in [6, 6.07) is 56.6. The minimum absolute atomic E-state index is 0.187. The molecule has 44 heavy (non-hydrogen) atoms. The lowest BCUT2D eigenvalue weighted by Crippen LogP contribution is -2.10. The molecule has 6 rings (SSSR count). The molecule has 0 unspecified atom stereocenters. The first-order valence-corrected chi connectivity index (χ1v) is 15.4. The molecule has 6 aromatic rings. The van der Waals surface area contributed by atoms with Gasteiger partial charge in [0.25, 0.3) is 0 Å². The van der Waals surface area contributed by atoms with Crippen LogP contribution < -0.4 is 4.90 Å². The number of hydrogen-bond donors (Lipinski definition) is 0. The van der Waals surface area contributed by atoms with E-state index in [1.807, 2.05) is 0 Å². The number of anilines is 3. The van der Waals surface area contributed by atoms with E-state index in [9.17, 15) is 0 Å². The normalized spacial score (nSPS) is 11.5. The van der Waals surface area contributed by atoms with Crippen molar-refractivity contribution in [2.75, 3.05) is 4.90 Å². The topological polar surface area (TPSA) is 3.24 Å². The van der Waals surface area contributed by atoms with E-state index in [1.54, 1.807) is 0 Å². The summed E-state index contributed by atoms with van der Waals surface area (Å²) in [5.74, 6) is 0. The Labute approximate surface area is 262 Å². The van der Waals surface area contributed by atoms with E-state index in [0.29, 0.717) is 0 Å². The molecule has 0 N–H and O–H groups in total. The third-order valence-electron chi connectivity index (χ3n) is 8.07. The average molecular weight is 570 g/mol. The Morgan fingerprint density at radius 2 is 0.818 bits per heavy atom. The lowest BCUT2D eigenvalue weighted by atomic mass is 9.86. The molecule has 1 heteroatoms. The lowest BCUT2D eigenvalue weighted by molar-refractivity contribution is 0.590. The molecule has 0 amide bonds. The van der Waals surface area contributed by atoms with E-state index in [2.05, 4.69) is 196 Å². The van der Waals surface area contributed by atoms with Gasteiger partial charge in [-0.3, -0.25) is 0 Å². The molecule has 0 fully saturated rings. The molecule has 0 aliphatic rings. The SMILES string of the molecule is CC(C)(C)c1ccc(Cc2ccc(/C=C/c3ccc(-c4ccc(N(c5ccccc5)c5ccccc5)cc4)cc3)cc2)cc1. The zero-order valence-corrected chi connectivity index (χ0v) is 25.8. The Kier molecular flexibility index (Phi) is 8.57. The summed E-state index contributed by atoms with van der Waals surface area (Å²) in [4.78, 5) is 2.29. The van der Waals surface area contributed by atoms with Crippen LogP contribution in [0.2, 0.25) is 0 Å². The highest BCUT2D eigenvalue weighted by Crippen LogP contribution is 2.35. The van der Waals surface area contributed by atoms with Gasteiger partial charge in [0.05, 0.1) is 0 Å². The van der Waals surface area contributed by atoms with Crippen molar-refractivity contribution in [2.45, 2.75) is 32.6 Å². The van der Waals surface area contributed by atoms with Crippen LogP contribution in [-0.4, -0.2) is 0 Å². The summed E-state index contributed by atoms with van der Waals surface area (Å²) >= 11 is 0. The predicted octanol–water partition coefficient (Wildman–Crippen LogP) is 11.9. The highest BCUT2D eigenvalue weighted by Gasteiger charge is 2.13. The molecular weight excluding hydrogens is 530 g/mol. The van der Waals surface area contributed by atoms with Crippen molar-refractivity contribution >= 4 is 29.2 Å². The highest BCUT2D eigenvalue weighted by molar-refractivity contribution is 5.78. The van der Waals surface area contributed by atoms with Crippen LogP contribution in [0.25, 0.3) is 23.3 Å². The predicted molar refractivity (Wildman–Crippen MR) is 190 cm³/mol. The molecule has 0 heterocycles. The van der Waals surface area contributed by atoms with E-state index in [0.717, 1.165) is 23.5 Å². The van der Waals surface area contributed by atoms with Gasteiger partial charge in [-0.2, -0.15) is 0 Å². The molecule has 0 aliphatic carbocycles. The minimum Gasteiger partial charge on any atom is -0.311 e. The second kappa shape index (κ2) is 13.0. The standard InChI is InChI=1S/C43H39N/c1-43(2,3)39-28-22-36(23-29-39)32-35-18-16-33(17-19-35)14-15-34-20-24-37(25-21-34)38-26-30-42(31-27-38)44(40-10-6-4-7-11-40)41-12-8-5-9-13-41/h4-31H,32H2,1-3H3/b15-14+. The summed E-state index contributed by atoms with van der Waals surface area (Å²) in [6.45, 7) is 6.77. The Morgan fingerprint density at radius 1 is 0.432 bits per heavy atom. The fourth-order valence-electron chi connectivity index (χ4n) is 5.49. The van der Waals surface area contributed by atoms with Crippen LogP contribution in [0.5, 0.6) is 0 Å². The smallest absolute Gasteiger partial charge is 0.0462 e. The summed E-state index contributed by atoms with van der Waals surface area (Å²) < 4.78 is 0. The van der Waals surface area contributed by atoms with Crippen molar-refractivity contribution in [3.63, 3.8) is 0 Å². The molecule has 0 aliphatic heterocycles. The third kappa shape index (κ3) is 7.07. The number of hydrogen-bond acceptors (Lipinski definition) is 1. The van der Waals surface area contributed by atoms with Crippen LogP contribution >= 0.6 is 0 Å². The maximum absolute atomic E-state index is 2.29. The monoisotopic (exact) mass is 569 g/mol. The zero-order valence-electron chi connectivity index (χ0n) is 25.8. The van der Waals surface area contributed by atoms with Crippen LogP contribution in [-0.2, 0) is 11.8 Å². The molecule has 6 aromatic carbocycles. The van der Waals surface area contributed by atoms with Gasteiger partial charge >= 0.3 is 0 Å². The number of para-hydroxylation sites is 2. The zero-order chi connectivity index (χ0) is 30.4. The maximum Gasteiger partial charge on any atom is 0.0462 e. The van der Waals surface area contributed by atoms with Crippen LogP contribution in [0.1, 0.15) is 48.6 Å². The largest absolute Gasteiger partial charge is 0.311 e. The average Bonchev–Trinajstić information content (AvgIpc) is 3.06. The first kappa shape index (κ1) is 29.0. The van der Waals surface area contributed by atoms with Gasteiger partial charge in [-0.15, -0.1) is 0 Å². The van der Waals surface area contributed by atoms with Crippen molar-refractivity contribution in [2.24, 2.45) is 0 Å². The summed E-state index contributed by atoms with van der Waals surface area (Å²) in [5.41, 5.74) is 12.5. The first-order chi connectivity index (χ1) is 21.4. The Balaban J connectivity index is 1.11. The molecule has 216 valence electrons. The quantitative estimate of drug-likeness (QED) is 0.165. The van der Waals surface area contributed by atoms with Crippen molar-refractivity contribution < 1.29 is 0 Å². The molecule has 1 nitrogen and oxygen atoms in total. The van der Waals surface area contributed by atoms with Crippen molar-refractivity contribution in [1.82, 2.24) is 0 Å². The van der Waals surface area contributed by atoms with Crippen molar-refractivity contribution in [3.8, 4) is 11.1 Å². The first-order valence-electron chi connectivity index (χ1n) is 15.4. The molecule has 0 aromatic heterocycles. The third-order valence-corrected chi connectivity index (χ3v) is 8.07. The lowest BCUT2D eigenvalue weighted by Gasteiger charge is -2.25. The number of nitrogens with zero attached hydrogens (tertiary/aromatic N) is 1. The van der Waals surface area contributed by atoms with Gasteiger partial charge in [0.2, 0.25) is 0 Å². The fourth-order valence-corrected chi connectivity index (χ4v) is 5.49. The molecule has 0 saturated heterocycles. The van der Waals surface area contributed by atoms with Gasteiger partial charge < -0.3 is 4.90 Å². The second-order valence-electron chi connectivity index (χ2n) is 12.4. The van der Waals surface area contributed by atoms with E-state index in [1.165, 1.54) is 38.9 Å². The van der Waals surface area contributed by atoms with E-state index < -0.39 is 0 Å². The van der Waals surface area contributed by atoms with Crippen LogP contribution in [0.4, 0.5) is 17.1 Å². The molecule has 0 radical (unpaired) electrons. The second-order valence-corrected chi connectivity index (χ2v) is 12.4. The summed E-state index contributed by atoms with van der Waals surface area (Å²) in [6.07, 6.45) is 5.32. The summed E-state index contributed by atoms with van der Waals surface area (Å²) in [7, 11) is 0. The maximum atomic E-state index is 2.29. The minimum atomic E-state index is 0.187. The van der Waals surface area contributed by atoms with Gasteiger partial charge in [-0.05, 0) is 87.2 Å². The molecule has 0 bridgehead atoms. The summed E-state index contributed by atoms with van der Waals surface area (Å²) in [5, 5.41) is 0. The van der Waals surface area contributed by atoms with E-state index in [4.69, 9.17) is 0 Å². The van der Waals surface area contributed by atoms with Gasteiger partial charge in [-0.25, -0.2) is 0 Å². The van der Waals surface area contributed by atoms with E-state index >= 15 is 0 Å². The van der Waals surface area contributed by atoms with Gasteiger partial charge in [-0.1, -0.05) is 154 Å². The Hall–Kier alpha value is -5.14. The van der Waals surface area contributed by atoms with Gasteiger partial charge in [0.15, 0.2) is 0 Å². The number of benzene rings is 6. The van der Waals surface area contributed by atoms with E-state index in [-0.39, 0.29) is 5.41 Å². The molecule has 0 atom stereocenters. The van der Waals surface area contributed by atoms with Crippen molar-refractivity contribution in [3.05, 3.63) is 186 Å². The van der Waals surface area contributed by atoms with Crippen LogP contribution in [0, 0.1) is 0 Å². The van der Waals surface area contributed by atoms with Crippen LogP contribution in [0.15, 0.2) is 158 Å². The molecular formula is C43H39N. The molecule has 0 spiro atoms. The number of rotatable bonds is 8. The van der Waals surface area contributed by atoms with Gasteiger partial charge in [0, 0.05) is 17.1 Å². The van der Waals surface area contributed by atoms with Crippen molar-refractivity contribution in [1.29, 1.82) is 0 Å². The van der Waals surface area contributed by atoms with Crippen LogP contribution in [0.3, 0.4) is 0 Å². The Bertz CT molecular complexity index is 1750. The fraction of sp³-hybridized carbons (Fsp3) is 0.116.